The van der Waals surface area contributed by atoms with Crippen LogP contribution < -0.4 is 14.4 Å². The number of amides is 1. The van der Waals surface area contributed by atoms with Crippen molar-refractivity contribution in [3.05, 3.63) is 41.9 Å². The molecule has 1 amide bonds. The molecule has 16 heteroatoms. The maximum Gasteiger partial charge on any atom is 0.392 e. The maximum atomic E-state index is 13.4. The topological polar surface area (TPSA) is 124 Å². The van der Waals surface area contributed by atoms with Crippen molar-refractivity contribution in [1.29, 1.82) is 0 Å². The number of ether oxygens (including phenoxy) is 1. The van der Waals surface area contributed by atoms with E-state index in [0.29, 0.717) is 12.7 Å². The molecule has 2 atom stereocenters. The molecule has 4 heterocycles. The predicted molar refractivity (Wildman–Crippen MR) is 126 cm³/mol. The number of alkyl halides is 3. The van der Waals surface area contributed by atoms with E-state index < -0.39 is 40.0 Å². The zero-order valence-corrected chi connectivity index (χ0v) is 21.4. The Balaban J connectivity index is 1.64. The molecule has 3 aromatic heterocycles. The molecule has 1 aliphatic heterocycles. The Kier molecular flexibility index (Phi) is 7.36. The molecule has 0 bridgehead atoms. The quantitative estimate of drug-likeness (QED) is 0.418. The van der Waals surface area contributed by atoms with Crippen molar-refractivity contribution < 1.29 is 35.6 Å². The van der Waals surface area contributed by atoms with Crippen molar-refractivity contribution in [1.82, 2.24) is 29.5 Å². The lowest BCUT2D eigenvalue weighted by atomic mass is 10.1. The molecule has 1 aliphatic rings. The van der Waals surface area contributed by atoms with Gasteiger partial charge in [0.1, 0.15) is 10.7 Å². The molecule has 1 unspecified atom stereocenters. The highest BCUT2D eigenvalue weighted by atomic mass is 32.2. The van der Waals surface area contributed by atoms with Crippen LogP contribution in [0.2, 0.25) is 0 Å². The summed E-state index contributed by atoms with van der Waals surface area (Å²) in [4.78, 5) is 18.9. The first-order chi connectivity index (χ1) is 17.7. The van der Waals surface area contributed by atoms with Gasteiger partial charge in [-0.1, -0.05) is 11.4 Å². The third kappa shape index (κ3) is 6.06. The second kappa shape index (κ2) is 10.2. The lowest BCUT2D eigenvalue weighted by Crippen LogP contribution is -2.35. The fraction of sp³-hybridized carbons (Fsp3) is 0.455. The Morgan fingerprint density at radius 3 is 2.55 bits per heavy atom. The van der Waals surface area contributed by atoms with Crippen molar-refractivity contribution >= 4 is 21.7 Å². The monoisotopic (exact) mass is 559 g/mol. The predicted octanol–water partition coefficient (Wildman–Crippen LogP) is 3.19. The second-order valence-corrected chi connectivity index (χ2v) is 10.7. The van der Waals surface area contributed by atoms with Crippen molar-refractivity contribution in [2.45, 2.75) is 50.7 Å². The third-order valence-electron chi connectivity index (χ3n) is 5.94. The summed E-state index contributed by atoms with van der Waals surface area (Å²) < 4.78 is 84.4. The molecule has 0 saturated carbocycles. The summed E-state index contributed by atoms with van der Waals surface area (Å²) in [5.41, 5.74) is -0.173. The molecule has 0 radical (unpaired) electrons. The number of nitrogens with zero attached hydrogens (tertiary/aromatic N) is 6. The Morgan fingerprint density at radius 1 is 1.21 bits per heavy atom. The van der Waals surface area contributed by atoms with Crippen LogP contribution in [0.25, 0.3) is 5.82 Å². The number of carbonyl (C=O) groups excluding carboxylic acids is 1. The van der Waals surface area contributed by atoms with Gasteiger partial charge in [0.15, 0.2) is 5.82 Å². The largest absolute Gasteiger partial charge is 0.476 e. The molecule has 3 aromatic rings. The number of halogens is 4. The zero-order valence-electron chi connectivity index (χ0n) is 20.6. The summed E-state index contributed by atoms with van der Waals surface area (Å²) in [6.45, 7) is 5.20. The SMILES string of the molecule is Cc1nn(F)cc1S(=O)(=O)NC(=O)c1ccc(-n2ccc(OCCC(F)(F)F)n2)nc1N1C[C@@H](C)CC1C. The minimum atomic E-state index is -4.44. The van der Waals surface area contributed by atoms with Gasteiger partial charge in [-0.25, -0.2) is 22.8 Å². The fourth-order valence-electron chi connectivity index (χ4n) is 4.25. The number of aromatic nitrogens is 5. The lowest BCUT2D eigenvalue weighted by molar-refractivity contribution is -0.139. The second-order valence-electron chi connectivity index (χ2n) is 9.10. The molecule has 206 valence electrons. The van der Waals surface area contributed by atoms with Crippen LogP contribution in [0.3, 0.4) is 0 Å². The van der Waals surface area contributed by atoms with Crippen LogP contribution in [0.1, 0.15) is 42.7 Å². The number of rotatable bonds is 8. The summed E-state index contributed by atoms with van der Waals surface area (Å²) in [5.74, 6) is -0.330. The van der Waals surface area contributed by atoms with Gasteiger partial charge >= 0.3 is 6.18 Å². The zero-order chi connectivity index (χ0) is 27.8. The van der Waals surface area contributed by atoms with E-state index in [-0.39, 0.29) is 45.6 Å². The van der Waals surface area contributed by atoms with Crippen molar-refractivity contribution in [3.8, 4) is 11.7 Å². The van der Waals surface area contributed by atoms with Gasteiger partial charge in [-0.3, -0.25) is 4.79 Å². The van der Waals surface area contributed by atoms with E-state index in [1.54, 1.807) is 0 Å². The van der Waals surface area contributed by atoms with E-state index >= 15 is 0 Å². The van der Waals surface area contributed by atoms with Crippen LogP contribution in [-0.2, 0) is 10.0 Å². The number of aryl methyl sites for hydroxylation is 1. The molecule has 0 aromatic carbocycles. The summed E-state index contributed by atoms with van der Waals surface area (Å²) in [6, 6.07) is 4.13. The van der Waals surface area contributed by atoms with Gasteiger partial charge in [0, 0.05) is 24.8 Å². The summed E-state index contributed by atoms with van der Waals surface area (Å²) in [6.07, 6.45) is -2.61. The molecular formula is C22H25F4N7O4S. The van der Waals surface area contributed by atoms with Crippen molar-refractivity contribution in [3.63, 3.8) is 0 Å². The van der Waals surface area contributed by atoms with Crippen LogP contribution >= 0.6 is 0 Å². The van der Waals surface area contributed by atoms with E-state index in [0.717, 1.165) is 6.42 Å². The third-order valence-corrected chi connectivity index (χ3v) is 7.37. The number of hydrogen-bond acceptors (Lipinski definition) is 8. The smallest absolute Gasteiger partial charge is 0.392 e. The molecule has 1 N–H and O–H groups in total. The summed E-state index contributed by atoms with van der Waals surface area (Å²) in [7, 11) is -4.44. The van der Waals surface area contributed by atoms with E-state index in [1.165, 1.54) is 36.0 Å². The molecule has 38 heavy (non-hydrogen) atoms. The Morgan fingerprint density at radius 2 is 1.95 bits per heavy atom. The molecular weight excluding hydrogens is 534 g/mol. The molecule has 0 spiro atoms. The first kappa shape index (κ1) is 27.3. The fourth-order valence-corrected chi connectivity index (χ4v) is 5.37. The van der Waals surface area contributed by atoms with Gasteiger partial charge in [0.25, 0.3) is 15.9 Å². The van der Waals surface area contributed by atoms with Gasteiger partial charge in [-0.05, 0) is 38.3 Å². The number of nitrogens with one attached hydrogen (secondary N) is 1. The standard InChI is InChI=1S/C22H25F4N7O4S/c1-13-10-14(2)31(11-13)20-16(21(34)30-38(35,36)17-12-33(26)28-15(17)3)4-5-18(27-20)32-8-6-19(29-32)37-9-7-22(23,24)25/h4-6,8,12-14H,7,9-11H2,1-3H3,(H,30,34)/t13-,14?/m0/s1. The normalized spacial score (nSPS) is 18.1. The molecule has 1 saturated heterocycles. The maximum absolute atomic E-state index is 13.4. The highest BCUT2D eigenvalue weighted by molar-refractivity contribution is 7.90. The van der Waals surface area contributed by atoms with Gasteiger partial charge in [-0.2, -0.15) is 13.2 Å². The van der Waals surface area contributed by atoms with Gasteiger partial charge in [0.05, 0.1) is 30.5 Å². The van der Waals surface area contributed by atoms with E-state index in [2.05, 4.69) is 15.2 Å². The highest BCUT2D eigenvalue weighted by Gasteiger charge is 2.32. The van der Waals surface area contributed by atoms with E-state index in [9.17, 15) is 30.9 Å². The Bertz CT molecular complexity index is 1440. The van der Waals surface area contributed by atoms with Crippen molar-refractivity contribution in [2.24, 2.45) is 5.92 Å². The molecule has 4 rings (SSSR count). The van der Waals surface area contributed by atoms with Crippen LogP contribution in [-0.4, -0.2) is 64.5 Å². The van der Waals surface area contributed by atoms with Crippen molar-refractivity contribution in [2.75, 3.05) is 18.1 Å². The van der Waals surface area contributed by atoms with Gasteiger partial charge < -0.3 is 9.64 Å². The molecule has 11 nitrogen and oxygen atoms in total. The van der Waals surface area contributed by atoms with Crippen LogP contribution in [0.15, 0.2) is 35.5 Å². The number of carbonyl (C=O) groups is 1. The number of pyridine rings is 1. The van der Waals surface area contributed by atoms with Crippen LogP contribution in [0, 0.1) is 12.8 Å². The van der Waals surface area contributed by atoms with E-state index in [4.69, 9.17) is 4.74 Å². The Labute approximate surface area is 215 Å². The van der Waals surface area contributed by atoms with Crippen LogP contribution in [0.4, 0.5) is 23.5 Å². The molecule has 1 fully saturated rings. The summed E-state index contributed by atoms with van der Waals surface area (Å²) >= 11 is 0. The van der Waals surface area contributed by atoms with E-state index in [1.807, 2.05) is 23.5 Å². The first-order valence-corrected chi connectivity index (χ1v) is 13.0. The molecule has 0 aliphatic carbocycles. The van der Waals surface area contributed by atoms with Gasteiger partial charge in [-0.15, -0.1) is 15.1 Å². The summed E-state index contributed by atoms with van der Waals surface area (Å²) in [5, 5.41) is 7.45. The highest BCUT2D eigenvalue weighted by Crippen LogP contribution is 2.31. The number of anilines is 1. The van der Waals surface area contributed by atoms with Crippen LogP contribution in [0.5, 0.6) is 5.88 Å². The Hall–Kier alpha value is -3.69. The average molecular weight is 560 g/mol. The van der Waals surface area contributed by atoms with Gasteiger partial charge in [0.2, 0.25) is 5.88 Å². The minimum absolute atomic E-state index is 0.0261. The average Bonchev–Trinajstić information content (AvgIpc) is 3.50. The number of sulfonamides is 1. The first-order valence-electron chi connectivity index (χ1n) is 11.6. The lowest BCUT2D eigenvalue weighted by Gasteiger charge is -2.25. The minimum Gasteiger partial charge on any atom is -0.476 e. The number of hydrogen-bond donors (Lipinski definition) is 1.